The molecule has 8 nitrogen and oxygen atoms in total. The number of nitrogens with zero attached hydrogens (tertiary/aromatic N) is 2. The van der Waals surface area contributed by atoms with E-state index >= 15 is 0 Å². The maximum Gasteiger partial charge on any atom is 0.273 e. The van der Waals surface area contributed by atoms with Gasteiger partial charge in [-0.3, -0.25) is 19.7 Å². The van der Waals surface area contributed by atoms with Gasteiger partial charge in [0.2, 0.25) is 11.8 Å². The third kappa shape index (κ3) is 4.01. The van der Waals surface area contributed by atoms with Gasteiger partial charge in [-0.25, -0.2) is 0 Å². The third-order valence-electron chi connectivity index (χ3n) is 4.29. The molecule has 2 amide bonds. The summed E-state index contributed by atoms with van der Waals surface area (Å²) < 4.78 is 5.11. The molecule has 0 radical (unpaired) electrons. The average molecular weight is 390 g/mol. The molecule has 1 aliphatic heterocycles. The number of methoxy groups -OCH3 is 1. The molecule has 0 aromatic heterocycles. The molecule has 0 aliphatic carbocycles. The van der Waals surface area contributed by atoms with Crippen LogP contribution in [0.5, 0.6) is 5.75 Å². The minimum absolute atomic E-state index is 0.0732. The number of anilines is 2. The lowest BCUT2D eigenvalue weighted by Gasteiger charge is -2.17. The molecule has 27 heavy (non-hydrogen) atoms. The van der Waals surface area contributed by atoms with Crippen LogP contribution in [0.1, 0.15) is 6.42 Å². The van der Waals surface area contributed by atoms with E-state index in [-0.39, 0.29) is 36.2 Å². The van der Waals surface area contributed by atoms with Crippen LogP contribution in [0, 0.1) is 16.0 Å². The van der Waals surface area contributed by atoms with Gasteiger partial charge >= 0.3 is 0 Å². The molecule has 3 rings (SSSR count). The quantitative estimate of drug-likeness (QED) is 0.624. The summed E-state index contributed by atoms with van der Waals surface area (Å²) in [5, 5.41) is 14.1. The van der Waals surface area contributed by atoms with Crippen LogP contribution in [0.2, 0.25) is 5.02 Å². The minimum Gasteiger partial charge on any atom is -0.494 e. The Morgan fingerprint density at radius 1 is 1.30 bits per heavy atom. The van der Waals surface area contributed by atoms with Crippen molar-refractivity contribution in [1.29, 1.82) is 0 Å². The predicted octanol–water partition coefficient (Wildman–Crippen LogP) is 3.25. The highest BCUT2D eigenvalue weighted by molar-refractivity contribution is 6.30. The van der Waals surface area contributed by atoms with Crippen LogP contribution in [0.25, 0.3) is 0 Å². The minimum atomic E-state index is -0.548. The lowest BCUT2D eigenvalue weighted by molar-refractivity contribution is -0.384. The first kappa shape index (κ1) is 18.7. The SMILES string of the molecule is COc1cc([N+](=O)[O-])ccc1NC(=O)C1CC(=O)N(c2ccc(Cl)cc2)C1. The number of non-ortho nitro benzene ring substituents is 1. The molecule has 1 N–H and O–H groups in total. The van der Waals surface area contributed by atoms with Gasteiger partial charge in [0.15, 0.2) is 0 Å². The summed E-state index contributed by atoms with van der Waals surface area (Å²) >= 11 is 5.86. The van der Waals surface area contributed by atoms with Crippen LogP contribution < -0.4 is 15.0 Å². The summed E-state index contributed by atoms with van der Waals surface area (Å²) in [6, 6.07) is 10.7. The number of amides is 2. The standard InChI is InChI=1S/C18H16ClN3O5/c1-27-16-9-14(22(25)26)6-7-15(16)20-18(24)11-8-17(23)21(10-11)13-4-2-12(19)3-5-13/h2-7,9,11H,8,10H2,1H3,(H,20,24). The normalized spacial score (nSPS) is 16.3. The number of benzene rings is 2. The Balaban J connectivity index is 1.73. The molecule has 0 spiro atoms. The first-order valence-corrected chi connectivity index (χ1v) is 8.46. The van der Waals surface area contributed by atoms with E-state index in [1.54, 1.807) is 24.3 Å². The highest BCUT2D eigenvalue weighted by atomic mass is 35.5. The van der Waals surface area contributed by atoms with Gasteiger partial charge in [-0.15, -0.1) is 0 Å². The smallest absolute Gasteiger partial charge is 0.273 e. The Morgan fingerprint density at radius 3 is 2.63 bits per heavy atom. The molecule has 1 fully saturated rings. The lowest BCUT2D eigenvalue weighted by atomic mass is 10.1. The monoisotopic (exact) mass is 389 g/mol. The molecule has 0 saturated carbocycles. The van der Waals surface area contributed by atoms with Crippen LogP contribution in [-0.2, 0) is 9.59 Å². The second-order valence-corrected chi connectivity index (χ2v) is 6.45. The Kier molecular flexibility index (Phi) is 5.27. The van der Waals surface area contributed by atoms with E-state index in [1.807, 2.05) is 0 Å². The van der Waals surface area contributed by atoms with E-state index in [2.05, 4.69) is 5.32 Å². The van der Waals surface area contributed by atoms with E-state index in [9.17, 15) is 19.7 Å². The third-order valence-corrected chi connectivity index (χ3v) is 4.54. The number of carbonyl (C=O) groups excluding carboxylic acids is 2. The van der Waals surface area contributed by atoms with Crippen molar-refractivity contribution in [1.82, 2.24) is 0 Å². The molecular weight excluding hydrogens is 374 g/mol. The average Bonchev–Trinajstić information content (AvgIpc) is 3.04. The van der Waals surface area contributed by atoms with E-state index in [0.717, 1.165) is 0 Å². The van der Waals surface area contributed by atoms with Crippen molar-refractivity contribution < 1.29 is 19.2 Å². The Morgan fingerprint density at radius 2 is 2.00 bits per heavy atom. The molecule has 140 valence electrons. The van der Waals surface area contributed by atoms with Crippen LogP contribution in [0.4, 0.5) is 17.1 Å². The van der Waals surface area contributed by atoms with Crippen molar-refractivity contribution in [3.8, 4) is 5.75 Å². The Labute approximate surface area is 159 Å². The van der Waals surface area contributed by atoms with E-state index in [0.29, 0.717) is 16.4 Å². The topological polar surface area (TPSA) is 102 Å². The number of carbonyl (C=O) groups is 2. The van der Waals surface area contributed by atoms with Gasteiger partial charge in [0.05, 0.1) is 29.7 Å². The largest absolute Gasteiger partial charge is 0.494 e. The molecule has 1 aliphatic rings. The summed E-state index contributed by atoms with van der Waals surface area (Å²) in [5.41, 5.74) is 0.841. The number of nitro groups is 1. The highest BCUT2D eigenvalue weighted by Gasteiger charge is 2.35. The van der Waals surface area contributed by atoms with E-state index < -0.39 is 10.8 Å². The predicted molar refractivity (Wildman–Crippen MR) is 100 cm³/mol. The zero-order valence-corrected chi connectivity index (χ0v) is 15.1. The maximum atomic E-state index is 12.6. The van der Waals surface area contributed by atoms with Gasteiger partial charge in [0.25, 0.3) is 5.69 Å². The number of nitrogens with one attached hydrogen (secondary N) is 1. The first-order valence-electron chi connectivity index (χ1n) is 8.08. The van der Waals surface area contributed by atoms with Gasteiger partial charge in [-0.05, 0) is 30.3 Å². The summed E-state index contributed by atoms with van der Waals surface area (Å²) in [4.78, 5) is 36.7. The molecule has 1 unspecified atom stereocenters. The number of hydrogen-bond acceptors (Lipinski definition) is 5. The summed E-state index contributed by atoms with van der Waals surface area (Å²) in [6.45, 7) is 0.238. The number of halogens is 1. The molecule has 1 heterocycles. The van der Waals surface area contributed by atoms with Crippen molar-refractivity contribution in [2.75, 3.05) is 23.9 Å². The fourth-order valence-corrected chi connectivity index (χ4v) is 3.01. The van der Waals surface area contributed by atoms with Crippen molar-refractivity contribution in [3.05, 3.63) is 57.6 Å². The maximum absolute atomic E-state index is 12.6. The molecule has 1 atom stereocenters. The van der Waals surface area contributed by atoms with Gasteiger partial charge in [0, 0.05) is 29.7 Å². The van der Waals surface area contributed by atoms with Gasteiger partial charge < -0.3 is 15.0 Å². The van der Waals surface area contributed by atoms with E-state index in [4.69, 9.17) is 16.3 Å². The Bertz CT molecular complexity index is 900. The summed E-state index contributed by atoms with van der Waals surface area (Å²) in [5.74, 6) is -0.885. The second kappa shape index (κ2) is 7.63. The van der Waals surface area contributed by atoms with Crippen molar-refractivity contribution in [2.45, 2.75) is 6.42 Å². The fourth-order valence-electron chi connectivity index (χ4n) is 2.89. The van der Waals surface area contributed by atoms with Crippen molar-refractivity contribution in [3.63, 3.8) is 0 Å². The van der Waals surface area contributed by atoms with Crippen LogP contribution in [0.3, 0.4) is 0 Å². The van der Waals surface area contributed by atoms with E-state index in [1.165, 1.54) is 30.2 Å². The number of hydrogen-bond donors (Lipinski definition) is 1. The van der Waals surface area contributed by atoms with Crippen LogP contribution in [0.15, 0.2) is 42.5 Å². The first-order chi connectivity index (χ1) is 12.9. The van der Waals surface area contributed by atoms with Gasteiger partial charge in [-0.2, -0.15) is 0 Å². The molecular formula is C18H16ClN3O5. The molecule has 2 aromatic rings. The molecule has 0 bridgehead atoms. The van der Waals surface area contributed by atoms with Gasteiger partial charge in [0.1, 0.15) is 5.75 Å². The number of ether oxygens (including phenoxy) is 1. The molecule has 9 heteroatoms. The fraction of sp³-hybridized carbons (Fsp3) is 0.222. The zero-order chi connectivity index (χ0) is 19.6. The second-order valence-electron chi connectivity index (χ2n) is 6.01. The van der Waals surface area contributed by atoms with Crippen molar-refractivity contribution in [2.24, 2.45) is 5.92 Å². The van der Waals surface area contributed by atoms with Gasteiger partial charge in [-0.1, -0.05) is 11.6 Å². The number of nitro benzene ring substituents is 1. The van der Waals surface area contributed by atoms with Crippen molar-refractivity contribution >= 4 is 40.5 Å². The zero-order valence-electron chi connectivity index (χ0n) is 14.3. The van der Waals surface area contributed by atoms with Crippen LogP contribution >= 0.6 is 11.6 Å². The number of rotatable bonds is 5. The Hall–Kier alpha value is -3.13. The lowest BCUT2D eigenvalue weighted by Crippen LogP contribution is -2.28. The van der Waals surface area contributed by atoms with Crippen LogP contribution in [-0.4, -0.2) is 30.4 Å². The molecule has 1 saturated heterocycles. The molecule has 2 aromatic carbocycles. The summed E-state index contributed by atoms with van der Waals surface area (Å²) in [7, 11) is 1.36. The summed E-state index contributed by atoms with van der Waals surface area (Å²) in [6.07, 6.45) is 0.0732. The highest BCUT2D eigenvalue weighted by Crippen LogP contribution is 2.31.